The molecular formula is C22H14FNO3. The Balaban J connectivity index is 1.68. The van der Waals surface area contributed by atoms with Crippen molar-refractivity contribution in [2.24, 2.45) is 0 Å². The standard InChI is InChI=1S/C22H14FNO3/c23-17-8-10-18(11-9-17)24-21(25)16-6-3-5-14(12-16)19-13-15-4-1-2-7-20(15)27-22(19)26/h1-13H,(H,24,25). The van der Waals surface area contributed by atoms with Gasteiger partial charge in [0.25, 0.3) is 5.91 Å². The van der Waals surface area contributed by atoms with Crippen LogP contribution in [-0.4, -0.2) is 5.91 Å². The molecule has 0 aliphatic heterocycles. The Bertz CT molecular complexity index is 1200. The highest BCUT2D eigenvalue weighted by molar-refractivity contribution is 6.05. The molecule has 1 amide bonds. The Morgan fingerprint density at radius 2 is 1.67 bits per heavy atom. The van der Waals surface area contributed by atoms with Crippen molar-refractivity contribution in [1.82, 2.24) is 0 Å². The summed E-state index contributed by atoms with van der Waals surface area (Å²) >= 11 is 0. The fourth-order valence-electron chi connectivity index (χ4n) is 2.83. The second-order valence-corrected chi connectivity index (χ2v) is 6.03. The monoisotopic (exact) mass is 359 g/mol. The van der Waals surface area contributed by atoms with Crippen molar-refractivity contribution in [3.63, 3.8) is 0 Å². The van der Waals surface area contributed by atoms with E-state index in [1.54, 1.807) is 42.5 Å². The molecule has 27 heavy (non-hydrogen) atoms. The van der Waals surface area contributed by atoms with Crippen LogP contribution in [0.5, 0.6) is 0 Å². The van der Waals surface area contributed by atoms with Gasteiger partial charge in [-0.2, -0.15) is 0 Å². The van der Waals surface area contributed by atoms with Gasteiger partial charge in [0.15, 0.2) is 0 Å². The van der Waals surface area contributed by atoms with E-state index in [4.69, 9.17) is 4.42 Å². The maximum atomic E-state index is 13.0. The molecule has 0 bridgehead atoms. The van der Waals surface area contributed by atoms with Gasteiger partial charge in [0.05, 0.1) is 5.56 Å². The van der Waals surface area contributed by atoms with Crippen molar-refractivity contribution in [3.05, 3.63) is 101 Å². The average Bonchev–Trinajstić information content (AvgIpc) is 2.69. The summed E-state index contributed by atoms with van der Waals surface area (Å²) in [5, 5.41) is 3.50. The number of hydrogen-bond acceptors (Lipinski definition) is 3. The maximum absolute atomic E-state index is 13.0. The van der Waals surface area contributed by atoms with Gasteiger partial charge in [0.2, 0.25) is 0 Å². The van der Waals surface area contributed by atoms with Crippen LogP contribution in [0.3, 0.4) is 0 Å². The number of halogens is 1. The number of fused-ring (bicyclic) bond motifs is 1. The lowest BCUT2D eigenvalue weighted by Gasteiger charge is -2.07. The number of benzene rings is 3. The quantitative estimate of drug-likeness (QED) is 0.532. The molecule has 0 saturated carbocycles. The van der Waals surface area contributed by atoms with Gasteiger partial charge in [0, 0.05) is 16.6 Å². The zero-order chi connectivity index (χ0) is 18.8. The lowest BCUT2D eigenvalue weighted by Crippen LogP contribution is -2.12. The predicted octanol–water partition coefficient (Wildman–Crippen LogP) is 4.85. The molecule has 0 fully saturated rings. The van der Waals surface area contributed by atoms with Crippen LogP contribution in [-0.2, 0) is 0 Å². The van der Waals surface area contributed by atoms with Crippen molar-refractivity contribution in [3.8, 4) is 11.1 Å². The maximum Gasteiger partial charge on any atom is 0.344 e. The molecule has 1 aromatic heterocycles. The van der Waals surface area contributed by atoms with Crippen LogP contribution in [0.15, 0.2) is 88.1 Å². The minimum Gasteiger partial charge on any atom is -0.422 e. The third-order valence-electron chi connectivity index (χ3n) is 4.18. The van der Waals surface area contributed by atoms with E-state index in [0.29, 0.717) is 28.0 Å². The van der Waals surface area contributed by atoms with Gasteiger partial charge < -0.3 is 9.73 Å². The molecule has 0 atom stereocenters. The van der Waals surface area contributed by atoms with Crippen molar-refractivity contribution < 1.29 is 13.6 Å². The highest BCUT2D eigenvalue weighted by Crippen LogP contribution is 2.22. The first-order valence-corrected chi connectivity index (χ1v) is 8.30. The number of carbonyl (C=O) groups is 1. The van der Waals surface area contributed by atoms with Crippen molar-refractivity contribution in [2.45, 2.75) is 0 Å². The molecule has 5 heteroatoms. The van der Waals surface area contributed by atoms with Crippen molar-refractivity contribution >= 4 is 22.6 Å². The van der Waals surface area contributed by atoms with Crippen LogP contribution in [0.25, 0.3) is 22.1 Å². The summed E-state index contributed by atoms with van der Waals surface area (Å²) in [6, 6.07) is 21.2. The summed E-state index contributed by atoms with van der Waals surface area (Å²) < 4.78 is 18.3. The summed E-state index contributed by atoms with van der Waals surface area (Å²) in [4.78, 5) is 24.8. The van der Waals surface area contributed by atoms with E-state index in [0.717, 1.165) is 5.39 Å². The molecule has 0 aliphatic carbocycles. The molecule has 0 unspecified atom stereocenters. The van der Waals surface area contributed by atoms with Crippen LogP contribution in [0.4, 0.5) is 10.1 Å². The third-order valence-corrected chi connectivity index (χ3v) is 4.18. The summed E-state index contributed by atoms with van der Waals surface area (Å²) in [6.45, 7) is 0. The third kappa shape index (κ3) is 3.48. The number of nitrogens with one attached hydrogen (secondary N) is 1. The molecule has 0 spiro atoms. The number of para-hydroxylation sites is 1. The van der Waals surface area contributed by atoms with Gasteiger partial charge in [-0.05, 0) is 54.1 Å². The van der Waals surface area contributed by atoms with E-state index in [-0.39, 0.29) is 11.7 Å². The van der Waals surface area contributed by atoms with E-state index >= 15 is 0 Å². The topological polar surface area (TPSA) is 59.3 Å². The summed E-state index contributed by atoms with van der Waals surface area (Å²) in [7, 11) is 0. The van der Waals surface area contributed by atoms with Crippen molar-refractivity contribution in [1.29, 1.82) is 0 Å². The van der Waals surface area contributed by atoms with Crippen LogP contribution in [0, 0.1) is 5.82 Å². The Kier molecular flexibility index (Phi) is 4.26. The first-order valence-electron chi connectivity index (χ1n) is 8.30. The van der Waals surface area contributed by atoms with Gasteiger partial charge in [-0.25, -0.2) is 9.18 Å². The smallest absolute Gasteiger partial charge is 0.344 e. The molecule has 1 heterocycles. The molecule has 1 N–H and O–H groups in total. The van der Waals surface area contributed by atoms with E-state index in [9.17, 15) is 14.0 Å². The number of anilines is 1. The fourth-order valence-corrected chi connectivity index (χ4v) is 2.83. The van der Waals surface area contributed by atoms with Gasteiger partial charge in [-0.3, -0.25) is 4.79 Å². The van der Waals surface area contributed by atoms with Crippen LogP contribution in [0.2, 0.25) is 0 Å². The minimum atomic E-state index is -0.468. The molecule has 4 nitrogen and oxygen atoms in total. The second-order valence-electron chi connectivity index (χ2n) is 6.03. The Morgan fingerprint density at radius 1 is 0.889 bits per heavy atom. The zero-order valence-electron chi connectivity index (χ0n) is 14.1. The van der Waals surface area contributed by atoms with Crippen molar-refractivity contribution in [2.75, 3.05) is 5.32 Å². The van der Waals surface area contributed by atoms with E-state index in [2.05, 4.69) is 5.32 Å². The van der Waals surface area contributed by atoms with Gasteiger partial charge in [-0.1, -0.05) is 30.3 Å². The van der Waals surface area contributed by atoms with Crippen LogP contribution in [0.1, 0.15) is 10.4 Å². The summed E-state index contributed by atoms with van der Waals surface area (Å²) in [5.74, 6) is -0.730. The minimum absolute atomic E-state index is 0.353. The van der Waals surface area contributed by atoms with E-state index in [1.807, 2.05) is 12.1 Å². The first kappa shape index (κ1) is 16.7. The van der Waals surface area contributed by atoms with Gasteiger partial charge in [0.1, 0.15) is 11.4 Å². The normalized spacial score (nSPS) is 10.7. The molecule has 132 valence electrons. The zero-order valence-corrected chi connectivity index (χ0v) is 14.1. The molecule has 4 rings (SSSR count). The highest BCUT2D eigenvalue weighted by Gasteiger charge is 2.11. The van der Waals surface area contributed by atoms with E-state index in [1.165, 1.54) is 24.3 Å². The molecule has 0 radical (unpaired) electrons. The Morgan fingerprint density at radius 3 is 2.48 bits per heavy atom. The summed E-state index contributed by atoms with van der Waals surface area (Å²) in [5.41, 5.74) is 1.87. The number of rotatable bonds is 3. The molecule has 4 aromatic rings. The number of carbonyl (C=O) groups excluding carboxylic acids is 1. The average molecular weight is 359 g/mol. The Labute approximate surface area is 153 Å². The van der Waals surface area contributed by atoms with Gasteiger partial charge >= 0.3 is 5.63 Å². The highest BCUT2D eigenvalue weighted by atomic mass is 19.1. The predicted molar refractivity (Wildman–Crippen MR) is 102 cm³/mol. The van der Waals surface area contributed by atoms with Crippen LogP contribution < -0.4 is 10.9 Å². The largest absolute Gasteiger partial charge is 0.422 e. The number of amides is 1. The first-order chi connectivity index (χ1) is 13.1. The second kappa shape index (κ2) is 6.88. The van der Waals surface area contributed by atoms with E-state index < -0.39 is 5.63 Å². The number of hydrogen-bond donors (Lipinski definition) is 1. The SMILES string of the molecule is O=C(Nc1ccc(F)cc1)c1cccc(-c2cc3ccccc3oc2=O)c1. The molecular weight excluding hydrogens is 345 g/mol. The molecule has 0 saturated heterocycles. The lowest BCUT2D eigenvalue weighted by molar-refractivity contribution is 0.102. The van der Waals surface area contributed by atoms with Gasteiger partial charge in [-0.15, -0.1) is 0 Å². The lowest BCUT2D eigenvalue weighted by atomic mass is 10.0. The summed E-state index contributed by atoms with van der Waals surface area (Å²) in [6.07, 6.45) is 0. The fraction of sp³-hybridized carbons (Fsp3) is 0. The Hall–Kier alpha value is -3.73. The molecule has 3 aromatic carbocycles. The molecule has 0 aliphatic rings. The van der Waals surface area contributed by atoms with Crippen LogP contribution >= 0.6 is 0 Å².